The zero-order valence-electron chi connectivity index (χ0n) is 14.0. The smallest absolute Gasteiger partial charge is 0.303 e. The summed E-state index contributed by atoms with van der Waals surface area (Å²) in [7, 11) is 0. The summed E-state index contributed by atoms with van der Waals surface area (Å²) in [6.07, 6.45) is -0.860. The molecule has 1 rings (SSSR count). The van der Waals surface area contributed by atoms with Crippen molar-refractivity contribution in [2.24, 2.45) is 0 Å². The van der Waals surface area contributed by atoms with Crippen molar-refractivity contribution in [2.45, 2.75) is 20.0 Å². The Balaban J connectivity index is 3.09. The van der Waals surface area contributed by atoms with Crippen LogP contribution in [0.4, 0.5) is 5.69 Å². The quantitative estimate of drug-likeness (QED) is 0.191. The van der Waals surface area contributed by atoms with Crippen molar-refractivity contribution < 1.29 is 28.7 Å². The predicted molar refractivity (Wildman–Crippen MR) is 124 cm³/mol. The van der Waals surface area contributed by atoms with Crippen molar-refractivity contribution in [1.82, 2.24) is 5.32 Å². The number of nitrogen functional groups attached to an aromatic ring is 1. The summed E-state index contributed by atoms with van der Waals surface area (Å²) in [5.41, 5.74) is 6.60. The first-order valence-electron chi connectivity index (χ1n) is 7.21. The lowest BCUT2D eigenvalue weighted by molar-refractivity contribution is -0.155. The molecule has 0 fully saturated rings. The average molecular weight is 734 g/mol. The first kappa shape index (κ1) is 24.6. The number of amides is 1. The number of halogens is 4. The van der Waals surface area contributed by atoms with Gasteiger partial charge in [-0.05, 0) is 79.4 Å². The average Bonchev–Trinajstić information content (AvgIpc) is 2.54. The number of carbonyl (C=O) groups excluding carboxylic acids is 4. The number of esters is 2. The van der Waals surface area contributed by atoms with E-state index in [0.717, 1.165) is 0 Å². The Bertz CT molecular complexity index is 802. The molecular weight excluding hydrogens is 720 g/mol. The molecule has 1 aromatic rings. The number of benzene rings is 1. The fraction of sp³-hybridized carbons (Fsp3) is 0.333. The molecule has 12 heteroatoms. The second kappa shape index (κ2) is 10.9. The lowest BCUT2D eigenvalue weighted by Crippen LogP contribution is -2.38. The SMILES string of the molecule is CC(=O)OCC(CNC(=O)c1c(I)c(N)c(I)c(C(=O)Cl)c1I)OC(C)=O. The molecule has 0 heterocycles. The predicted octanol–water partition coefficient (Wildman–Crippen LogP) is 2.69. The van der Waals surface area contributed by atoms with E-state index in [2.05, 4.69) is 5.32 Å². The van der Waals surface area contributed by atoms with Gasteiger partial charge in [-0.15, -0.1) is 0 Å². The number of hydrogen-bond donors (Lipinski definition) is 2. The Kier molecular flexibility index (Phi) is 9.98. The number of nitrogens with two attached hydrogens (primary N) is 1. The molecule has 1 unspecified atom stereocenters. The van der Waals surface area contributed by atoms with Crippen molar-refractivity contribution in [1.29, 1.82) is 0 Å². The summed E-state index contributed by atoms with van der Waals surface area (Å²) in [6, 6.07) is 0. The van der Waals surface area contributed by atoms with Gasteiger partial charge in [-0.1, -0.05) is 0 Å². The van der Waals surface area contributed by atoms with Gasteiger partial charge in [0.15, 0.2) is 6.10 Å². The number of carbonyl (C=O) groups is 4. The van der Waals surface area contributed by atoms with E-state index in [-0.39, 0.29) is 30.0 Å². The van der Waals surface area contributed by atoms with E-state index in [4.69, 9.17) is 26.8 Å². The van der Waals surface area contributed by atoms with Crippen LogP contribution in [0.3, 0.4) is 0 Å². The van der Waals surface area contributed by atoms with Crippen LogP contribution in [0.1, 0.15) is 34.6 Å². The number of hydrogen-bond acceptors (Lipinski definition) is 7. The third-order valence-electron chi connectivity index (χ3n) is 3.07. The fourth-order valence-electron chi connectivity index (χ4n) is 1.93. The molecule has 3 N–H and O–H groups in total. The molecule has 0 aromatic heterocycles. The van der Waals surface area contributed by atoms with Gasteiger partial charge in [-0.25, -0.2) is 0 Å². The number of rotatable bonds is 7. The van der Waals surface area contributed by atoms with Crippen LogP contribution in [0.5, 0.6) is 0 Å². The fourth-order valence-corrected chi connectivity index (χ4v) is 6.58. The molecule has 0 aliphatic rings. The molecule has 0 spiro atoms. The van der Waals surface area contributed by atoms with Crippen LogP contribution < -0.4 is 11.1 Å². The van der Waals surface area contributed by atoms with Crippen LogP contribution in [0.15, 0.2) is 0 Å². The maximum absolute atomic E-state index is 12.7. The molecule has 0 saturated carbocycles. The van der Waals surface area contributed by atoms with Gasteiger partial charge in [0, 0.05) is 17.4 Å². The normalized spacial score (nSPS) is 11.5. The van der Waals surface area contributed by atoms with Crippen LogP contribution in [-0.2, 0) is 19.1 Å². The first-order chi connectivity index (χ1) is 12.5. The Hall–Kier alpha value is -0.420. The summed E-state index contributed by atoms with van der Waals surface area (Å²) in [4.78, 5) is 46.5. The minimum absolute atomic E-state index is 0.103. The van der Waals surface area contributed by atoms with E-state index in [1.54, 1.807) is 0 Å². The van der Waals surface area contributed by atoms with E-state index in [0.29, 0.717) is 10.7 Å². The third-order valence-corrected chi connectivity index (χ3v) is 6.58. The molecule has 0 radical (unpaired) electrons. The van der Waals surface area contributed by atoms with Gasteiger partial charge in [0.1, 0.15) is 6.61 Å². The summed E-state index contributed by atoms with van der Waals surface area (Å²) in [6.45, 7) is 2.11. The highest BCUT2D eigenvalue weighted by Crippen LogP contribution is 2.34. The van der Waals surface area contributed by atoms with Crippen LogP contribution in [0, 0.1) is 10.7 Å². The van der Waals surface area contributed by atoms with E-state index in [1.165, 1.54) is 13.8 Å². The molecule has 0 bridgehead atoms. The van der Waals surface area contributed by atoms with Crippen molar-refractivity contribution >= 4 is 108 Å². The zero-order valence-corrected chi connectivity index (χ0v) is 21.3. The lowest BCUT2D eigenvalue weighted by Gasteiger charge is -2.19. The van der Waals surface area contributed by atoms with Gasteiger partial charge in [0.25, 0.3) is 11.1 Å². The molecule has 1 atom stereocenters. The lowest BCUT2D eigenvalue weighted by atomic mass is 10.1. The summed E-state index contributed by atoms with van der Waals surface area (Å²) >= 11 is 11.3. The zero-order chi connectivity index (χ0) is 20.9. The Morgan fingerprint density at radius 1 is 1.04 bits per heavy atom. The number of nitrogens with one attached hydrogen (secondary N) is 1. The van der Waals surface area contributed by atoms with Crippen molar-refractivity contribution in [3.05, 3.63) is 21.8 Å². The molecule has 148 valence electrons. The van der Waals surface area contributed by atoms with Gasteiger partial charge in [-0.2, -0.15) is 0 Å². The van der Waals surface area contributed by atoms with Crippen LogP contribution in [0.2, 0.25) is 0 Å². The van der Waals surface area contributed by atoms with Crippen LogP contribution >= 0.6 is 79.4 Å². The summed E-state index contributed by atoms with van der Waals surface area (Å²) < 4.78 is 11.1. The topological polar surface area (TPSA) is 125 Å². The van der Waals surface area contributed by atoms with E-state index < -0.39 is 29.2 Å². The molecular formula is C15H14ClI3N2O6. The van der Waals surface area contributed by atoms with Gasteiger partial charge >= 0.3 is 11.9 Å². The molecule has 27 heavy (non-hydrogen) atoms. The monoisotopic (exact) mass is 734 g/mol. The summed E-state index contributed by atoms with van der Waals surface area (Å²) in [5, 5.41) is 1.87. The second-order valence-electron chi connectivity index (χ2n) is 5.12. The molecule has 0 saturated heterocycles. The molecule has 0 aliphatic heterocycles. The second-order valence-corrected chi connectivity index (χ2v) is 8.70. The maximum Gasteiger partial charge on any atom is 0.303 e. The Labute approximate surface area is 201 Å². The largest absolute Gasteiger partial charge is 0.462 e. The third kappa shape index (κ3) is 6.85. The molecule has 1 aromatic carbocycles. The van der Waals surface area contributed by atoms with Crippen LogP contribution in [0.25, 0.3) is 0 Å². The number of ether oxygens (including phenoxy) is 2. The van der Waals surface area contributed by atoms with Crippen molar-refractivity contribution in [3.8, 4) is 0 Å². The van der Waals surface area contributed by atoms with Gasteiger partial charge in [-0.3, -0.25) is 19.2 Å². The highest BCUT2D eigenvalue weighted by molar-refractivity contribution is 14.1. The van der Waals surface area contributed by atoms with Crippen molar-refractivity contribution in [2.75, 3.05) is 18.9 Å². The first-order valence-corrected chi connectivity index (χ1v) is 10.8. The maximum atomic E-state index is 12.7. The standard InChI is InChI=1S/C15H14ClI3N2O6/c1-5(22)26-4-7(27-6(2)23)3-21-15(25)9-10(17)8(14(16)24)11(18)13(20)12(9)19/h7H,3-4,20H2,1-2H3,(H,21,25). The minimum Gasteiger partial charge on any atom is -0.462 e. The molecule has 1 amide bonds. The van der Waals surface area contributed by atoms with E-state index in [1.807, 2.05) is 67.8 Å². The minimum atomic E-state index is -0.860. The van der Waals surface area contributed by atoms with E-state index in [9.17, 15) is 19.2 Å². The molecule has 8 nitrogen and oxygen atoms in total. The van der Waals surface area contributed by atoms with E-state index >= 15 is 0 Å². The Morgan fingerprint density at radius 2 is 1.59 bits per heavy atom. The van der Waals surface area contributed by atoms with Gasteiger partial charge in [0.2, 0.25) is 0 Å². The Morgan fingerprint density at radius 3 is 2.07 bits per heavy atom. The van der Waals surface area contributed by atoms with Crippen LogP contribution in [-0.4, -0.2) is 42.3 Å². The van der Waals surface area contributed by atoms with Crippen molar-refractivity contribution in [3.63, 3.8) is 0 Å². The highest BCUT2D eigenvalue weighted by Gasteiger charge is 2.26. The highest BCUT2D eigenvalue weighted by atomic mass is 127. The summed E-state index contributed by atoms with van der Waals surface area (Å²) in [5.74, 6) is -1.66. The van der Waals surface area contributed by atoms with Gasteiger partial charge < -0.3 is 20.5 Å². The molecule has 0 aliphatic carbocycles. The van der Waals surface area contributed by atoms with Gasteiger partial charge in [0.05, 0.1) is 30.5 Å². The number of anilines is 1.